The second-order valence-electron chi connectivity index (χ2n) is 16.3. The molecule has 1 aromatic heterocycles. The summed E-state index contributed by atoms with van der Waals surface area (Å²) in [6.45, 7) is 0. The van der Waals surface area contributed by atoms with Gasteiger partial charge in [-0.15, -0.1) is 11.3 Å². The van der Waals surface area contributed by atoms with Gasteiger partial charge in [-0.05, 0) is 102 Å². The first kappa shape index (κ1) is 35.6. The average molecular weight is 793 g/mol. The highest BCUT2D eigenvalue weighted by atomic mass is 32.1. The highest BCUT2D eigenvalue weighted by molar-refractivity contribution is 7.20. The fourth-order valence-electron chi connectivity index (χ4n) is 10.3. The summed E-state index contributed by atoms with van der Waals surface area (Å²) in [5, 5.41) is 1.34. The van der Waals surface area contributed by atoms with Crippen molar-refractivity contribution in [1.82, 2.24) is 0 Å². The van der Waals surface area contributed by atoms with E-state index in [1.54, 1.807) is 0 Å². The van der Waals surface area contributed by atoms with Gasteiger partial charge in [-0.25, -0.2) is 0 Å². The highest BCUT2D eigenvalue weighted by Crippen LogP contribution is 2.66. The van der Waals surface area contributed by atoms with Crippen molar-refractivity contribution in [2.75, 3.05) is 0 Å². The van der Waals surface area contributed by atoms with E-state index in [0.717, 1.165) is 6.42 Å². The third-order valence-corrected chi connectivity index (χ3v) is 14.3. The number of fused-ring (bicyclic) bond motifs is 12. The zero-order valence-corrected chi connectivity index (χ0v) is 34.4. The van der Waals surface area contributed by atoms with Crippen LogP contribution in [0.15, 0.2) is 224 Å². The fourth-order valence-corrected chi connectivity index (χ4v) is 11.7. The Kier molecular flexibility index (Phi) is 8.43. The minimum atomic E-state index is -0.380. The lowest BCUT2D eigenvalue weighted by Crippen LogP contribution is -2.24. The van der Waals surface area contributed by atoms with Crippen molar-refractivity contribution in [2.24, 2.45) is 0 Å². The monoisotopic (exact) mass is 792 g/mol. The second kappa shape index (κ2) is 14.4. The fraction of sp³-hybridized carbons (Fsp3) is 0.0333. The lowest BCUT2D eigenvalue weighted by molar-refractivity contribution is 0.811. The Bertz CT molecular complexity index is 3250. The van der Waals surface area contributed by atoms with E-state index in [9.17, 15) is 0 Å². The highest BCUT2D eigenvalue weighted by Gasteiger charge is 2.53. The molecule has 0 atom stereocenters. The zero-order valence-electron chi connectivity index (χ0n) is 33.6. The van der Waals surface area contributed by atoms with Crippen LogP contribution in [0.4, 0.5) is 0 Å². The van der Waals surface area contributed by atoms with Gasteiger partial charge >= 0.3 is 0 Å². The summed E-state index contributed by atoms with van der Waals surface area (Å²) < 4.78 is 1.34. The first-order valence-corrected chi connectivity index (χ1v) is 22.0. The molecule has 9 aromatic carbocycles. The number of rotatable bonds is 7. The molecule has 2 aliphatic rings. The summed E-state index contributed by atoms with van der Waals surface area (Å²) in [5.41, 5.74) is 21.6. The van der Waals surface area contributed by atoms with E-state index >= 15 is 0 Å². The number of hydrogen-bond donors (Lipinski definition) is 0. The van der Waals surface area contributed by atoms with E-state index < -0.39 is 0 Å². The number of allylic oxidation sites excluding steroid dienone is 1. The first-order valence-electron chi connectivity index (χ1n) is 21.2. The van der Waals surface area contributed by atoms with Crippen LogP contribution in [-0.4, -0.2) is 0 Å². The molecular formula is C60H40S. The molecule has 0 unspecified atom stereocenters. The minimum Gasteiger partial charge on any atom is -0.138 e. The summed E-state index contributed by atoms with van der Waals surface area (Å²) in [6, 6.07) is 82.9. The molecule has 1 heteroatoms. The Morgan fingerprint density at radius 1 is 0.393 bits per heavy atom. The zero-order chi connectivity index (χ0) is 40.3. The van der Waals surface area contributed by atoms with Crippen LogP contribution in [0.1, 0.15) is 38.3 Å². The Morgan fingerprint density at radius 3 is 1.57 bits per heavy atom. The molecule has 0 aliphatic heterocycles. The van der Waals surface area contributed by atoms with Gasteiger partial charge in [0.15, 0.2) is 0 Å². The molecule has 2 aliphatic carbocycles. The maximum absolute atomic E-state index is 2.50. The van der Waals surface area contributed by atoms with Gasteiger partial charge in [-0.2, -0.15) is 0 Å². The van der Waals surface area contributed by atoms with E-state index in [1.807, 2.05) is 11.3 Å². The van der Waals surface area contributed by atoms with E-state index in [0.29, 0.717) is 0 Å². The largest absolute Gasteiger partial charge is 0.138 e. The molecule has 0 saturated heterocycles. The molecule has 0 N–H and O–H groups in total. The van der Waals surface area contributed by atoms with Gasteiger partial charge in [0.05, 0.1) is 5.41 Å². The normalized spacial score (nSPS) is 13.2. The van der Waals surface area contributed by atoms with Crippen LogP contribution in [0.5, 0.6) is 0 Å². The lowest BCUT2D eigenvalue weighted by Gasteiger charge is -2.29. The van der Waals surface area contributed by atoms with Crippen LogP contribution in [0, 0.1) is 0 Å². The second-order valence-corrected chi connectivity index (χ2v) is 17.4. The molecule has 286 valence electrons. The van der Waals surface area contributed by atoms with Crippen molar-refractivity contribution < 1.29 is 0 Å². The Hall–Kier alpha value is -7.32. The third-order valence-electron chi connectivity index (χ3n) is 13.0. The molecule has 1 heterocycles. The van der Waals surface area contributed by atoms with Crippen molar-refractivity contribution >= 4 is 33.1 Å². The minimum absolute atomic E-state index is 0.380. The Balaban J connectivity index is 1.03. The topological polar surface area (TPSA) is 0 Å². The number of thiophene rings is 1. The molecule has 12 rings (SSSR count). The van der Waals surface area contributed by atoms with E-state index in [1.165, 1.54) is 110 Å². The van der Waals surface area contributed by atoms with Crippen molar-refractivity contribution in [1.29, 1.82) is 0 Å². The SMILES string of the molecule is C(=C(Cc1ccc(-c2ccccc2-c2ccccc2)cc1)c1ccc(-c2ccccc2)cc1)c1cccc2c1-c1c(sc3ccccc13)C21c2ccccc2-c2ccccc21. The van der Waals surface area contributed by atoms with Gasteiger partial charge in [-0.1, -0.05) is 224 Å². The van der Waals surface area contributed by atoms with Gasteiger partial charge in [-0.3, -0.25) is 0 Å². The van der Waals surface area contributed by atoms with Gasteiger partial charge in [0.2, 0.25) is 0 Å². The van der Waals surface area contributed by atoms with Crippen LogP contribution < -0.4 is 0 Å². The standard InChI is InChI=1S/C60H40S/c1-3-16-41(17-4-1)42-34-36-43(37-35-42)47(38-40-30-32-45(33-31-40)49-22-8-7-21-48(49)44-18-5-2-6-19-44)39-46-20-15-28-55-57(46)58-52-25-11-14-29-56(52)61-59(58)60(55)53-26-12-9-23-50(53)51-24-10-13-27-54(51)60/h1-37,39H,38H2. The van der Waals surface area contributed by atoms with Gasteiger partial charge < -0.3 is 0 Å². The van der Waals surface area contributed by atoms with Crippen LogP contribution in [-0.2, 0) is 11.8 Å². The van der Waals surface area contributed by atoms with Crippen molar-refractivity contribution in [2.45, 2.75) is 11.8 Å². The van der Waals surface area contributed by atoms with Gasteiger partial charge in [0, 0.05) is 20.5 Å². The quantitative estimate of drug-likeness (QED) is 0.141. The average Bonchev–Trinajstić information content (AvgIpc) is 3.96. The maximum Gasteiger partial charge on any atom is 0.0819 e. The van der Waals surface area contributed by atoms with Gasteiger partial charge in [0.1, 0.15) is 0 Å². The molecule has 0 radical (unpaired) electrons. The summed E-state index contributed by atoms with van der Waals surface area (Å²) in [4.78, 5) is 1.43. The van der Waals surface area contributed by atoms with Crippen LogP contribution in [0.3, 0.4) is 0 Å². The number of benzene rings is 9. The molecule has 0 bridgehead atoms. The maximum atomic E-state index is 2.50. The predicted octanol–water partition coefficient (Wildman–Crippen LogP) is 16.0. The summed E-state index contributed by atoms with van der Waals surface area (Å²) in [7, 11) is 0. The van der Waals surface area contributed by atoms with Crippen molar-refractivity contribution in [3.63, 3.8) is 0 Å². The molecule has 10 aromatic rings. The molecule has 0 amide bonds. The smallest absolute Gasteiger partial charge is 0.0819 e. The van der Waals surface area contributed by atoms with E-state index in [2.05, 4.69) is 231 Å². The van der Waals surface area contributed by atoms with E-state index in [-0.39, 0.29) is 5.41 Å². The molecule has 1 spiro atoms. The predicted molar refractivity (Wildman–Crippen MR) is 259 cm³/mol. The van der Waals surface area contributed by atoms with Crippen molar-refractivity contribution in [3.05, 3.63) is 263 Å². The Morgan fingerprint density at radius 2 is 0.902 bits per heavy atom. The summed E-state index contributed by atoms with van der Waals surface area (Å²) >= 11 is 1.97. The summed E-state index contributed by atoms with van der Waals surface area (Å²) in [5.74, 6) is 0. The summed E-state index contributed by atoms with van der Waals surface area (Å²) in [6.07, 6.45) is 3.29. The van der Waals surface area contributed by atoms with Gasteiger partial charge in [0.25, 0.3) is 0 Å². The lowest BCUT2D eigenvalue weighted by atomic mass is 9.73. The first-order chi connectivity index (χ1) is 30.3. The molecule has 0 saturated carbocycles. The van der Waals surface area contributed by atoms with Crippen LogP contribution in [0.2, 0.25) is 0 Å². The van der Waals surface area contributed by atoms with Crippen LogP contribution in [0.25, 0.3) is 77.4 Å². The molecule has 61 heavy (non-hydrogen) atoms. The third kappa shape index (κ3) is 5.66. The molecular weight excluding hydrogens is 753 g/mol. The van der Waals surface area contributed by atoms with E-state index in [4.69, 9.17) is 0 Å². The van der Waals surface area contributed by atoms with Crippen molar-refractivity contribution in [3.8, 4) is 55.6 Å². The molecule has 0 nitrogen and oxygen atoms in total. The van der Waals surface area contributed by atoms with Crippen LogP contribution >= 0.6 is 11.3 Å². The Labute approximate surface area is 361 Å². The molecule has 0 fully saturated rings. The number of hydrogen-bond acceptors (Lipinski definition) is 1.